The molecule has 128 valence electrons. The minimum Gasteiger partial charge on any atom is -0.465 e. The molecule has 1 aliphatic heterocycles. The van der Waals surface area contributed by atoms with Gasteiger partial charge in [-0.15, -0.1) is 0 Å². The summed E-state index contributed by atoms with van der Waals surface area (Å²) in [4.78, 5) is 13.9. The van der Waals surface area contributed by atoms with Crippen LogP contribution in [0.2, 0.25) is 0 Å². The molecule has 1 aromatic carbocycles. The maximum absolute atomic E-state index is 11.5. The molecule has 24 heavy (non-hydrogen) atoms. The average Bonchev–Trinajstić information content (AvgIpc) is 3.23. The van der Waals surface area contributed by atoms with Crippen LogP contribution in [0.15, 0.2) is 34.9 Å². The van der Waals surface area contributed by atoms with Crippen molar-refractivity contribution < 1.29 is 14.1 Å². The largest absolute Gasteiger partial charge is 0.465 e. The van der Waals surface area contributed by atoms with Crippen LogP contribution in [0.5, 0.6) is 0 Å². The van der Waals surface area contributed by atoms with Crippen LogP contribution in [0.3, 0.4) is 0 Å². The molecule has 0 saturated carbocycles. The van der Waals surface area contributed by atoms with E-state index in [1.165, 1.54) is 12.7 Å². The minimum absolute atomic E-state index is 0.301. The lowest BCUT2D eigenvalue weighted by Crippen LogP contribution is -2.23. The number of ether oxygens (including phenoxy) is 1. The van der Waals surface area contributed by atoms with E-state index in [1.54, 1.807) is 0 Å². The molecule has 0 bridgehead atoms. The first-order chi connectivity index (χ1) is 11.6. The van der Waals surface area contributed by atoms with E-state index in [1.807, 2.05) is 24.3 Å². The zero-order chi connectivity index (χ0) is 17.1. The van der Waals surface area contributed by atoms with E-state index in [9.17, 15) is 4.79 Å². The molecule has 3 rings (SSSR count). The number of carbonyl (C=O) groups is 1. The van der Waals surface area contributed by atoms with E-state index in [4.69, 9.17) is 9.26 Å². The quantitative estimate of drug-likeness (QED) is 0.779. The highest BCUT2D eigenvalue weighted by Gasteiger charge is 2.29. The van der Waals surface area contributed by atoms with Gasteiger partial charge in [0.05, 0.1) is 18.7 Å². The fourth-order valence-corrected chi connectivity index (χ4v) is 3.18. The number of aromatic nitrogens is 1. The van der Waals surface area contributed by atoms with E-state index in [0.29, 0.717) is 17.5 Å². The molecule has 1 aromatic heterocycles. The molecule has 1 aliphatic rings. The van der Waals surface area contributed by atoms with Crippen molar-refractivity contribution in [3.63, 3.8) is 0 Å². The molecule has 5 heteroatoms. The number of rotatable bonds is 5. The molecule has 2 aromatic rings. The van der Waals surface area contributed by atoms with E-state index in [-0.39, 0.29) is 5.97 Å². The molecule has 0 unspecified atom stereocenters. The number of nitrogens with zero attached hydrogens (tertiary/aromatic N) is 2. The molecule has 0 aliphatic carbocycles. The maximum atomic E-state index is 11.5. The average molecular weight is 328 g/mol. The molecule has 0 spiro atoms. The normalized spacial score (nSPS) is 18.2. The Morgan fingerprint density at radius 2 is 2.12 bits per heavy atom. The van der Waals surface area contributed by atoms with Gasteiger partial charge >= 0.3 is 5.97 Å². The van der Waals surface area contributed by atoms with Crippen molar-refractivity contribution in [1.82, 2.24) is 10.1 Å². The predicted octanol–water partition coefficient (Wildman–Crippen LogP) is 3.92. The van der Waals surface area contributed by atoms with Crippen molar-refractivity contribution in [3.8, 4) is 0 Å². The lowest BCUT2D eigenvalue weighted by molar-refractivity contribution is 0.0600. The van der Waals surface area contributed by atoms with E-state index in [2.05, 4.69) is 30.0 Å². The van der Waals surface area contributed by atoms with Gasteiger partial charge in [-0.25, -0.2) is 4.79 Å². The second-order valence-corrected chi connectivity index (χ2v) is 6.63. The van der Waals surface area contributed by atoms with Crippen LogP contribution in [-0.2, 0) is 11.3 Å². The summed E-state index contributed by atoms with van der Waals surface area (Å²) in [5.41, 5.74) is 2.79. The van der Waals surface area contributed by atoms with E-state index >= 15 is 0 Å². The van der Waals surface area contributed by atoms with Gasteiger partial charge in [0.25, 0.3) is 0 Å². The summed E-state index contributed by atoms with van der Waals surface area (Å²) in [5.74, 6) is 0.996. The molecule has 1 atom stereocenters. The number of benzene rings is 1. The molecule has 0 radical (unpaired) electrons. The second kappa shape index (κ2) is 7.18. The van der Waals surface area contributed by atoms with Gasteiger partial charge in [0.2, 0.25) is 0 Å². The van der Waals surface area contributed by atoms with E-state index < -0.39 is 0 Å². The third kappa shape index (κ3) is 3.51. The molecular formula is C19H24N2O3. The Morgan fingerprint density at radius 1 is 1.38 bits per heavy atom. The first kappa shape index (κ1) is 16.7. The van der Waals surface area contributed by atoms with Gasteiger partial charge in [-0.1, -0.05) is 31.1 Å². The number of hydrogen-bond acceptors (Lipinski definition) is 5. The van der Waals surface area contributed by atoms with Gasteiger partial charge in [0, 0.05) is 18.5 Å². The summed E-state index contributed by atoms with van der Waals surface area (Å²) < 4.78 is 10.2. The summed E-state index contributed by atoms with van der Waals surface area (Å²) in [6.45, 7) is 6.11. The van der Waals surface area contributed by atoms with Crippen LogP contribution in [0.4, 0.5) is 0 Å². The Morgan fingerprint density at radius 3 is 2.75 bits per heavy atom. The summed E-state index contributed by atoms with van der Waals surface area (Å²) in [6.07, 6.45) is 2.26. The Kier molecular flexibility index (Phi) is 5.00. The monoisotopic (exact) mass is 328 g/mol. The first-order valence-electron chi connectivity index (χ1n) is 8.46. The third-order valence-corrected chi connectivity index (χ3v) is 4.58. The minimum atomic E-state index is -0.301. The van der Waals surface area contributed by atoms with Crippen LogP contribution in [0.25, 0.3) is 0 Å². The van der Waals surface area contributed by atoms with Crippen LogP contribution < -0.4 is 0 Å². The fraction of sp³-hybridized carbons (Fsp3) is 0.474. The zero-order valence-corrected chi connectivity index (χ0v) is 14.5. The number of esters is 1. The van der Waals surface area contributed by atoms with Gasteiger partial charge in [-0.05, 0) is 37.1 Å². The molecule has 0 amide bonds. The Hall–Kier alpha value is -2.14. The van der Waals surface area contributed by atoms with Crippen molar-refractivity contribution in [2.75, 3.05) is 13.7 Å². The van der Waals surface area contributed by atoms with Gasteiger partial charge in [-0.2, -0.15) is 0 Å². The highest BCUT2D eigenvalue weighted by molar-refractivity contribution is 5.89. The van der Waals surface area contributed by atoms with E-state index in [0.717, 1.165) is 37.4 Å². The molecular weight excluding hydrogens is 304 g/mol. The molecule has 2 heterocycles. The Bertz CT molecular complexity index is 691. The zero-order valence-electron chi connectivity index (χ0n) is 14.5. The van der Waals surface area contributed by atoms with Crippen molar-refractivity contribution in [2.24, 2.45) is 0 Å². The maximum Gasteiger partial charge on any atom is 0.337 e. The lowest BCUT2D eigenvalue weighted by atomic mass is 10.1. The van der Waals surface area contributed by atoms with Crippen molar-refractivity contribution in [1.29, 1.82) is 0 Å². The Balaban J connectivity index is 1.70. The summed E-state index contributed by atoms with van der Waals surface area (Å²) in [6, 6.07) is 10.0. The number of methoxy groups -OCH3 is 1. The highest BCUT2D eigenvalue weighted by Crippen LogP contribution is 2.33. The van der Waals surface area contributed by atoms with Crippen molar-refractivity contribution in [2.45, 2.75) is 45.2 Å². The molecule has 1 fully saturated rings. The topological polar surface area (TPSA) is 55.6 Å². The summed E-state index contributed by atoms with van der Waals surface area (Å²) in [7, 11) is 1.40. The van der Waals surface area contributed by atoms with Crippen LogP contribution >= 0.6 is 0 Å². The lowest BCUT2D eigenvalue weighted by Gasteiger charge is -2.22. The summed E-state index contributed by atoms with van der Waals surface area (Å²) >= 11 is 0. The highest BCUT2D eigenvalue weighted by atomic mass is 16.5. The van der Waals surface area contributed by atoms with Crippen LogP contribution in [0.1, 0.15) is 66.0 Å². The van der Waals surface area contributed by atoms with Crippen LogP contribution in [0, 0.1) is 0 Å². The van der Waals surface area contributed by atoms with Gasteiger partial charge < -0.3 is 9.26 Å². The molecule has 1 saturated heterocycles. The van der Waals surface area contributed by atoms with Gasteiger partial charge in [-0.3, -0.25) is 4.90 Å². The molecule has 5 nitrogen and oxygen atoms in total. The third-order valence-electron chi connectivity index (χ3n) is 4.58. The first-order valence-corrected chi connectivity index (χ1v) is 8.46. The molecule has 0 N–H and O–H groups in total. The van der Waals surface area contributed by atoms with Crippen molar-refractivity contribution >= 4 is 5.97 Å². The standard InChI is InChI=1S/C19H24N2O3/c1-13(2)18-11-16(20-24-18)17-5-4-10-21(17)12-14-6-8-15(9-7-14)19(22)23-3/h6-9,11,13,17H,4-5,10,12H2,1-3H3/t17-/m0/s1. The van der Waals surface area contributed by atoms with Gasteiger partial charge in [0.15, 0.2) is 0 Å². The fourth-order valence-electron chi connectivity index (χ4n) is 3.18. The summed E-state index contributed by atoms with van der Waals surface area (Å²) in [5, 5.41) is 4.28. The van der Waals surface area contributed by atoms with Crippen molar-refractivity contribution in [3.05, 3.63) is 52.9 Å². The van der Waals surface area contributed by atoms with Crippen LogP contribution in [-0.4, -0.2) is 29.7 Å². The Labute approximate surface area is 142 Å². The SMILES string of the molecule is COC(=O)c1ccc(CN2CCC[C@H]2c2cc(C(C)C)on2)cc1. The second-order valence-electron chi connectivity index (χ2n) is 6.63. The smallest absolute Gasteiger partial charge is 0.337 e. The number of hydrogen-bond donors (Lipinski definition) is 0. The number of likely N-dealkylation sites (tertiary alicyclic amines) is 1. The van der Waals surface area contributed by atoms with Gasteiger partial charge in [0.1, 0.15) is 11.5 Å². The predicted molar refractivity (Wildman–Crippen MR) is 90.8 cm³/mol. The number of carbonyl (C=O) groups excluding carboxylic acids is 1.